The van der Waals surface area contributed by atoms with Crippen LogP contribution in [-0.4, -0.2) is 79.0 Å². The Hall–Kier alpha value is -4.70. The van der Waals surface area contributed by atoms with Crippen LogP contribution in [0.25, 0.3) is 0 Å². The Balaban J connectivity index is 1.33. The second kappa shape index (κ2) is 19.1. The third-order valence-corrected chi connectivity index (χ3v) is 8.13. The van der Waals surface area contributed by atoms with Crippen LogP contribution in [0.3, 0.4) is 0 Å². The number of benzene rings is 3. The summed E-state index contributed by atoms with van der Waals surface area (Å²) in [5.74, 6) is -0.767. The van der Waals surface area contributed by atoms with E-state index in [0.717, 1.165) is 5.56 Å². The molecule has 3 aromatic rings. The van der Waals surface area contributed by atoms with Gasteiger partial charge in [0.2, 0.25) is 11.8 Å². The minimum Gasteiger partial charge on any atom is -0.466 e. The lowest BCUT2D eigenvalue weighted by Crippen LogP contribution is -2.55. The van der Waals surface area contributed by atoms with Gasteiger partial charge in [-0.15, -0.1) is 0 Å². The van der Waals surface area contributed by atoms with Crippen molar-refractivity contribution in [1.82, 2.24) is 20.4 Å². The van der Waals surface area contributed by atoms with Gasteiger partial charge in [0.15, 0.2) is 0 Å². The monoisotopic (exact) mass is 642 g/mol. The molecule has 0 aromatic heterocycles. The highest BCUT2D eigenvalue weighted by molar-refractivity contribution is 5.86. The van der Waals surface area contributed by atoms with E-state index >= 15 is 0 Å². The summed E-state index contributed by atoms with van der Waals surface area (Å²) in [6.45, 7) is 4.94. The van der Waals surface area contributed by atoms with E-state index in [9.17, 15) is 19.2 Å². The Bertz CT molecular complexity index is 1360. The number of ether oxygens (including phenoxy) is 2. The van der Waals surface area contributed by atoms with Gasteiger partial charge in [-0.3, -0.25) is 19.3 Å². The average molecular weight is 643 g/mol. The van der Waals surface area contributed by atoms with E-state index in [0.29, 0.717) is 52.0 Å². The molecule has 1 saturated heterocycles. The third kappa shape index (κ3) is 11.6. The number of nitrogens with zero attached hydrogens (tertiary/aromatic N) is 2. The molecule has 0 saturated carbocycles. The Morgan fingerprint density at radius 3 is 1.94 bits per heavy atom. The van der Waals surface area contributed by atoms with E-state index in [1.807, 2.05) is 71.6 Å². The summed E-state index contributed by atoms with van der Waals surface area (Å²) in [6, 6.07) is 29.5. The summed E-state index contributed by atoms with van der Waals surface area (Å²) in [6.07, 6.45) is 1.06. The van der Waals surface area contributed by atoms with Crippen LogP contribution in [0.5, 0.6) is 0 Å². The summed E-state index contributed by atoms with van der Waals surface area (Å²) in [5, 5.41) is 5.62. The van der Waals surface area contributed by atoms with E-state index in [4.69, 9.17) is 9.47 Å². The van der Waals surface area contributed by atoms with Crippen molar-refractivity contribution in [2.45, 2.75) is 57.7 Å². The Labute approximate surface area is 277 Å². The van der Waals surface area contributed by atoms with Crippen LogP contribution in [0.15, 0.2) is 91.0 Å². The molecule has 1 atom stereocenters. The van der Waals surface area contributed by atoms with E-state index in [2.05, 4.69) is 39.8 Å². The van der Waals surface area contributed by atoms with E-state index in [1.165, 1.54) is 11.1 Å². The minimum absolute atomic E-state index is 0.0377. The first kappa shape index (κ1) is 35.2. The molecule has 10 heteroatoms. The van der Waals surface area contributed by atoms with E-state index in [-0.39, 0.29) is 43.9 Å². The molecule has 0 unspecified atom stereocenters. The number of hydrogen-bond acceptors (Lipinski definition) is 7. The van der Waals surface area contributed by atoms with Crippen molar-refractivity contribution >= 4 is 23.9 Å². The molecule has 10 nitrogen and oxygen atoms in total. The molecule has 1 aliphatic heterocycles. The van der Waals surface area contributed by atoms with Crippen molar-refractivity contribution in [2.75, 3.05) is 39.3 Å². The molecule has 0 radical (unpaired) electrons. The zero-order chi connectivity index (χ0) is 33.3. The predicted molar refractivity (Wildman–Crippen MR) is 179 cm³/mol. The molecule has 1 heterocycles. The number of alkyl carbamates (subject to hydrolysis) is 1. The molecular weight excluding hydrogens is 596 g/mol. The van der Waals surface area contributed by atoms with Gasteiger partial charge < -0.3 is 25.0 Å². The van der Waals surface area contributed by atoms with Crippen LogP contribution in [0, 0.1) is 0 Å². The highest BCUT2D eigenvalue weighted by atomic mass is 16.5. The van der Waals surface area contributed by atoms with Crippen LogP contribution < -0.4 is 10.6 Å². The number of unbranched alkanes of at least 4 members (excludes halogenated alkanes) is 1. The number of amides is 3. The molecule has 4 rings (SSSR count). The number of piperazine rings is 1. The van der Waals surface area contributed by atoms with Gasteiger partial charge in [0.25, 0.3) is 0 Å². The largest absolute Gasteiger partial charge is 0.466 e. The molecule has 0 spiro atoms. The second-order valence-corrected chi connectivity index (χ2v) is 11.5. The van der Waals surface area contributed by atoms with Crippen LogP contribution in [0.1, 0.15) is 61.8 Å². The van der Waals surface area contributed by atoms with Crippen molar-refractivity contribution in [2.24, 2.45) is 0 Å². The number of esters is 1. The first-order chi connectivity index (χ1) is 22.9. The van der Waals surface area contributed by atoms with E-state index < -0.39 is 18.1 Å². The maximum Gasteiger partial charge on any atom is 0.408 e. The molecule has 250 valence electrons. The first-order valence-electron chi connectivity index (χ1n) is 16.5. The quantitative estimate of drug-likeness (QED) is 0.170. The zero-order valence-electron chi connectivity index (χ0n) is 27.1. The highest BCUT2D eigenvalue weighted by Crippen LogP contribution is 2.29. The van der Waals surface area contributed by atoms with Gasteiger partial charge in [-0.05, 0) is 42.9 Å². The number of rotatable bonds is 16. The Morgan fingerprint density at radius 2 is 1.34 bits per heavy atom. The lowest BCUT2D eigenvalue weighted by atomic mass is 9.96. The highest BCUT2D eigenvalue weighted by Gasteiger charge is 2.32. The van der Waals surface area contributed by atoms with E-state index in [1.54, 1.807) is 6.92 Å². The Morgan fingerprint density at radius 1 is 0.745 bits per heavy atom. The molecule has 47 heavy (non-hydrogen) atoms. The molecule has 3 aromatic carbocycles. The average Bonchev–Trinajstić information content (AvgIpc) is 3.11. The molecular formula is C37H46N4O6. The van der Waals surface area contributed by atoms with Gasteiger partial charge in [-0.1, -0.05) is 91.0 Å². The van der Waals surface area contributed by atoms with Crippen molar-refractivity contribution in [3.05, 3.63) is 108 Å². The fourth-order valence-electron chi connectivity index (χ4n) is 5.71. The molecule has 2 N–H and O–H groups in total. The minimum atomic E-state index is -0.761. The summed E-state index contributed by atoms with van der Waals surface area (Å²) in [4.78, 5) is 54.5. The van der Waals surface area contributed by atoms with Gasteiger partial charge in [0.1, 0.15) is 12.6 Å². The number of hydrogen-bond donors (Lipinski definition) is 2. The van der Waals surface area contributed by atoms with Crippen LogP contribution in [0.2, 0.25) is 0 Å². The van der Waals surface area contributed by atoms with Crippen LogP contribution in [0.4, 0.5) is 4.79 Å². The standard InChI is InChI=1S/C37H46N4O6/c1-2-46-34(43)22-21-33(42)38-23-13-12-20-32(39-37(45)47-28-29-14-6-3-7-15-29)36(44)41-26-24-40(25-27-41)35(30-16-8-4-9-17-30)31-18-10-5-11-19-31/h3-11,14-19,32,35H,2,12-13,20-28H2,1H3,(H,38,42)(H,39,45)/t32-/m1/s1. The normalized spacial score (nSPS) is 13.9. The molecule has 1 fully saturated rings. The fourth-order valence-corrected chi connectivity index (χ4v) is 5.71. The summed E-state index contributed by atoms with van der Waals surface area (Å²) < 4.78 is 10.3. The third-order valence-electron chi connectivity index (χ3n) is 8.13. The van der Waals surface area contributed by atoms with Crippen LogP contribution in [-0.2, 0) is 30.5 Å². The van der Waals surface area contributed by atoms with Crippen LogP contribution >= 0.6 is 0 Å². The van der Waals surface area contributed by atoms with Gasteiger partial charge in [0, 0.05) is 39.1 Å². The molecule has 0 aliphatic carbocycles. The summed E-state index contributed by atoms with van der Waals surface area (Å²) >= 11 is 0. The zero-order valence-corrected chi connectivity index (χ0v) is 27.1. The molecule has 1 aliphatic rings. The maximum absolute atomic E-state index is 13.8. The number of carbonyl (C=O) groups excluding carboxylic acids is 4. The van der Waals surface area contributed by atoms with Crippen molar-refractivity contribution in [3.63, 3.8) is 0 Å². The Kier molecular flexibility index (Phi) is 14.3. The molecule has 0 bridgehead atoms. The summed E-state index contributed by atoms with van der Waals surface area (Å²) in [7, 11) is 0. The maximum atomic E-state index is 13.8. The second-order valence-electron chi connectivity index (χ2n) is 11.5. The van der Waals surface area contributed by atoms with Crippen molar-refractivity contribution < 1.29 is 28.7 Å². The SMILES string of the molecule is CCOC(=O)CCC(=O)NCCCC[C@@H](NC(=O)OCc1ccccc1)C(=O)N1CCN(C(c2ccccc2)c2ccccc2)CC1. The van der Waals surface area contributed by atoms with Gasteiger partial charge in [0.05, 0.1) is 19.1 Å². The van der Waals surface area contributed by atoms with Gasteiger partial charge in [-0.2, -0.15) is 0 Å². The van der Waals surface area contributed by atoms with Crippen molar-refractivity contribution in [3.8, 4) is 0 Å². The predicted octanol–water partition coefficient (Wildman–Crippen LogP) is 4.85. The molecule has 3 amide bonds. The van der Waals surface area contributed by atoms with Crippen molar-refractivity contribution in [1.29, 1.82) is 0 Å². The lowest BCUT2D eigenvalue weighted by Gasteiger charge is -2.40. The number of nitrogens with one attached hydrogen (secondary N) is 2. The fraction of sp³-hybridized carbons (Fsp3) is 0.405. The summed E-state index contributed by atoms with van der Waals surface area (Å²) in [5.41, 5.74) is 3.26. The van der Waals surface area contributed by atoms with Gasteiger partial charge in [-0.25, -0.2) is 4.79 Å². The lowest BCUT2D eigenvalue weighted by molar-refractivity contribution is -0.144. The topological polar surface area (TPSA) is 117 Å². The smallest absolute Gasteiger partial charge is 0.408 e. The number of carbonyl (C=O) groups is 4. The first-order valence-corrected chi connectivity index (χ1v) is 16.5. The van der Waals surface area contributed by atoms with Gasteiger partial charge >= 0.3 is 12.1 Å².